The number of anilines is 1. The van der Waals surface area contributed by atoms with E-state index in [1.54, 1.807) is 30.6 Å². The molecule has 2 aromatic carbocycles. The molecule has 2 heterocycles. The van der Waals surface area contributed by atoms with Crippen molar-refractivity contribution in [1.82, 2.24) is 14.9 Å². The van der Waals surface area contributed by atoms with Crippen LogP contribution in [0.4, 0.5) is 5.82 Å². The molecule has 0 atom stereocenters. The van der Waals surface area contributed by atoms with Gasteiger partial charge >= 0.3 is 0 Å². The van der Waals surface area contributed by atoms with Crippen LogP contribution in [0.25, 0.3) is 10.9 Å². The zero-order valence-corrected chi connectivity index (χ0v) is 16.1. The number of carbonyl (C=O) groups is 1. The summed E-state index contributed by atoms with van der Waals surface area (Å²) >= 11 is 12.1. The molecule has 0 aliphatic carbocycles. The molecule has 0 bridgehead atoms. The Labute approximate surface area is 167 Å². The monoisotopic (exact) mass is 400 g/mol. The maximum atomic E-state index is 12.8. The highest BCUT2D eigenvalue weighted by Crippen LogP contribution is 2.26. The van der Waals surface area contributed by atoms with Crippen molar-refractivity contribution in [2.45, 2.75) is 6.42 Å². The van der Waals surface area contributed by atoms with E-state index in [0.29, 0.717) is 35.2 Å². The molecule has 1 saturated heterocycles. The molecule has 4 rings (SSSR count). The second-order valence-corrected chi connectivity index (χ2v) is 7.37. The first-order chi connectivity index (χ1) is 13.1. The lowest BCUT2D eigenvalue weighted by atomic mass is 10.2. The number of aromatic nitrogens is 2. The van der Waals surface area contributed by atoms with Crippen molar-refractivity contribution in [3.63, 3.8) is 0 Å². The van der Waals surface area contributed by atoms with Crippen LogP contribution < -0.4 is 4.90 Å². The predicted octanol–water partition coefficient (Wildman–Crippen LogP) is 4.29. The van der Waals surface area contributed by atoms with Crippen LogP contribution in [0, 0.1) is 0 Å². The van der Waals surface area contributed by atoms with Crippen LogP contribution in [-0.4, -0.2) is 47.0 Å². The van der Waals surface area contributed by atoms with Crippen LogP contribution in [0.5, 0.6) is 0 Å². The number of fused-ring (bicyclic) bond motifs is 1. The highest BCUT2D eigenvalue weighted by molar-refractivity contribution is 6.31. The van der Waals surface area contributed by atoms with Gasteiger partial charge in [0.05, 0.1) is 5.52 Å². The molecule has 1 amide bonds. The quantitative estimate of drug-likeness (QED) is 0.643. The minimum absolute atomic E-state index is 0.0127. The maximum absolute atomic E-state index is 12.8. The van der Waals surface area contributed by atoms with Gasteiger partial charge in [-0.25, -0.2) is 9.97 Å². The van der Waals surface area contributed by atoms with Crippen LogP contribution in [-0.2, 0) is 0 Å². The van der Waals surface area contributed by atoms with Gasteiger partial charge in [-0.15, -0.1) is 0 Å². The van der Waals surface area contributed by atoms with E-state index < -0.39 is 0 Å². The smallest absolute Gasteiger partial charge is 0.253 e. The van der Waals surface area contributed by atoms with Crippen LogP contribution in [0.3, 0.4) is 0 Å². The molecule has 27 heavy (non-hydrogen) atoms. The third kappa shape index (κ3) is 3.84. The summed E-state index contributed by atoms with van der Waals surface area (Å²) in [4.78, 5) is 25.7. The average molecular weight is 401 g/mol. The molecule has 138 valence electrons. The number of rotatable bonds is 2. The highest BCUT2D eigenvalue weighted by Gasteiger charge is 2.22. The van der Waals surface area contributed by atoms with Crippen molar-refractivity contribution in [1.29, 1.82) is 0 Å². The number of benzene rings is 2. The number of hydrogen-bond acceptors (Lipinski definition) is 4. The van der Waals surface area contributed by atoms with E-state index in [1.807, 2.05) is 23.1 Å². The SMILES string of the molecule is O=C(c1cccc(Cl)c1)N1CCCN(c2ncnc3cc(Cl)ccc23)CC1. The Kier molecular flexibility index (Phi) is 5.14. The van der Waals surface area contributed by atoms with Crippen molar-refractivity contribution in [3.8, 4) is 0 Å². The molecular formula is C20H18Cl2N4O. The summed E-state index contributed by atoms with van der Waals surface area (Å²) in [6.45, 7) is 2.87. The van der Waals surface area contributed by atoms with E-state index >= 15 is 0 Å². The van der Waals surface area contributed by atoms with E-state index in [1.165, 1.54) is 0 Å². The van der Waals surface area contributed by atoms with Gasteiger partial charge in [0, 0.05) is 47.2 Å². The Morgan fingerprint density at radius 2 is 1.78 bits per heavy atom. The Morgan fingerprint density at radius 1 is 0.926 bits per heavy atom. The Morgan fingerprint density at radius 3 is 2.63 bits per heavy atom. The van der Waals surface area contributed by atoms with E-state index in [9.17, 15) is 4.79 Å². The fraction of sp³-hybridized carbons (Fsp3) is 0.250. The molecule has 1 aliphatic rings. The van der Waals surface area contributed by atoms with E-state index in [4.69, 9.17) is 23.2 Å². The molecular weight excluding hydrogens is 383 g/mol. The minimum atomic E-state index is 0.0127. The fourth-order valence-electron chi connectivity index (χ4n) is 3.40. The number of nitrogens with zero attached hydrogens (tertiary/aromatic N) is 4. The number of carbonyl (C=O) groups excluding carboxylic acids is 1. The number of hydrogen-bond donors (Lipinski definition) is 0. The van der Waals surface area contributed by atoms with Gasteiger partial charge in [-0.05, 0) is 42.8 Å². The summed E-state index contributed by atoms with van der Waals surface area (Å²) in [6, 6.07) is 12.7. The number of halogens is 2. The van der Waals surface area contributed by atoms with Crippen molar-refractivity contribution in [3.05, 3.63) is 64.4 Å². The summed E-state index contributed by atoms with van der Waals surface area (Å²) in [7, 11) is 0. The Balaban J connectivity index is 1.55. The molecule has 0 saturated carbocycles. The lowest BCUT2D eigenvalue weighted by Crippen LogP contribution is -2.35. The molecule has 0 radical (unpaired) electrons. The van der Waals surface area contributed by atoms with E-state index in [0.717, 1.165) is 29.7 Å². The lowest BCUT2D eigenvalue weighted by molar-refractivity contribution is 0.0767. The van der Waals surface area contributed by atoms with Gasteiger partial charge in [-0.1, -0.05) is 29.3 Å². The predicted molar refractivity (Wildman–Crippen MR) is 109 cm³/mol. The second kappa shape index (κ2) is 7.71. The second-order valence-electron chi connectivity index (χ2n) is 6.50. The van der Waals surface area contributed by atoms with Crippen molar-refractivity contribution in [2.24, 2.45) is 0 Å². The lowest BCUT2D eigenvalue weighted by Gasteiger charge is -2.24. The summed E-state index contributed by atoms with van der Waals surface area (Å²) < 4.78 is 0. The molecule has 0 N–H and O–H groups in total. The Hall–Kier alpha value is -2.37. The first-order valence-corrected chi connectivity index (χ1v) is 9.57. The minimum Gasteiger partial charge on any atom is -0.354 e. The van der Waals surface area contributed by atoms with Gasteiger partial charge in [0.1, 0.15) is 12.1 Å². The van der Waals surface area contributed by atoms with Crippen LogP contribution in [0.15, 0.2) is 48.8 Å². The number of amides is 1. The highest BCUT2D eigenvalue weighted by atomic mass is 35.5. The molecule has 1 fully saturated rings. The van der Waals surface area contributed by atoms with Crippen molar-refractivity contribution >= 4 is 45.8 Å². The molecule has 0 spiro atoms. The Bertz CT molecular complexity index is 995. The van der Waals surface area contributed by atoms with Gasteiger partial charge in [0.2, 0.25) is 0 Å². The average Bonchev–Trinajstić information content (AvgIpc) is 2.93. The largest absolute Gasteiger partial charge is 0.354 e. The van der Waals surface area contributed by atoms with Crippen LogP contribution in [0.2, 0.25) is 10.0 Å². The first-order valence-electron chi connectivity index (χ1n) is 8.82. The topological polar surface area (TPSA) is 49.3 Å². The van der Waals surface area contributed by atoms with Gasteiger partial charge in [0.15, 0.2) is 0 Å². The van der Waals surface area contributed by atoms with E-state index in [-0.39, 0.29) is 5.91 Å². The summed E-state index contributed by atoms with van der Waals surface area (Å²) in [5, 5.41) is 2.20. The normalized spacial score (nSPS) is 15.0. The van der Waals surface area contributed by atoms with Crippen LogP contribution >= 0.6 is 23.2 Å². The van der Waals surface area contributed by atoms with Gasteiger partial charge in [-0.3, -0.25) is 4.79 Å². The van der Waals surface area contributed by atoms with Gasteiger partial charge in [0.25, 0.3) is 5.91 Å². The zero-order chi connectivity index (χ0) is 18.8. The first kappa shape index (κ1) is 18.0. The fourth-order valence-corrected chi connectivity index (χ4v) is 3.76. The molecule has 1 aliphatic heterocycles. The summed E-state index contributed by atoms with van der Waals surface area (Å²) in [5.74, 6) is 0.896. The molecule has 5 nitrogen and oxygen atoms in total. The van der Waals surface area contributed by atoms with Gasteiger partial charge in [-0.2, -0.15) is 0 Å². The van der Waals surface area contributed by atoms with Crippen molar-refractivity contribution < 1.29 is 4.79 Å². The zero-order valence-electron chi connectivity index (χ0n) is 14.6. The third-order valence-electron chi connectivity index (χ3n) is 4.73. The molecule has 3 aromatic rings. The maximum Gasteiger partial charge on any atom is 0.253 e. The molecule has 0 unspecified atom stereocenters. The molecule has 1 aromatic heterocycles. The summed E-state index contributed by atoms with van der Waals surface area (Å²) in [6.07, 6.45) is 2.43. The van der Waals surface area contributed by atoms with Crippen molar-refractivity contribution in [2.75, 3.05) is 31.1 Å². The van der Waals surface area contributed by atoms with Crippen LogP contribution in [0.1, 0.15) is 16.8 Å². The summed E-state index contributed by atoms with van der Waals surface area (Å²) in [5.41, 5.74) is 1.45. The third-order valence-corrected chi connectivity index (χ3v) is 5.20. The standard InChI is InChI=1S/C20H18Cl2N4O/c21-15-4-1-3-14(11-15)20(27)26-8-2-7-25(9-10-26)19-17-6-5-16(22)12-18(17)23-13-24-19/h1,3-6,11-13H,2,7-10H2. The van der Waals surface area contributed by atoms with Gasteiger partial charge < -0.3 is 9.80 Å². The molecule has 7 heteroatoms. The van der Waals surface area contributed by atoms with E-state index in [2.05, 4.69) is 14.9 Å².